The molecular weight excluding hydrogens is 336 g/mol. The van der Waals surface area contributed by atoms with Gasteiger partial charge in [0.05, 0.1) is 3.79 Å². The molecule has 1 unspecified atom stereocenters. The van der Waals surface area contributed by atoms with E-state index in [1.165, 1.54) is 17.7 Å². The molecule has 5 heteroatoms. The molecular formula is C15H23BrN2OS. The number of amides is 1. The molecule has 0 spiro atoms. The second-order valence-electron chi connectivity index (χ2n) is 5.57. The van der Waals surface area contributed by atoms with Crippen molar-refractivity contribution < 1.29 is 4.79 Å². The van der Waals surface area contributed by atoms with Crippen LogP contribution in [0, 0.1) is 11.8 Å². The van der Waals surface area contributed by atoms with Crippen molar-refractivity contribution in [1.82, 2.24) is 10.6 Å². The summed E-state index contributed by atoms with van der Waals surface area (Å²) in [6, 6.07) is 4.17. The molecule has 1 fully saturated rings. The number of rotatable bonds is 6. The van der Waals surface area contributed by atoms with Crippen LogP contribution in [0.1, 0.15) is 31.1 Å². The van der Waals surface area contributed by atoms with Gasteiger partial charge in [0.1, 0.15) is 0 Å². The summed E-state index contributed by atoms with van der Waals surface area (Å²) < 4.78 is 1.15. The van der Waals surface area contributed by atoms with E-state index in [2.05, 4.69) is 45.6 Å². The third-order valence-corrected chi connectivity index (χ3v) is 5.70. The predicted octanol–water partition coefficient (Wildman–Crippen LogP) is 3.20. The van der Waals surface area contributed by atoms with Crippen LogP contribution in [0.4, 0.5) is 0 Å². The smallest absolute Gasteiger partial charge is 0.220 e. The topological polar surface area (TPSA) is 41.1 Å². The molecule has 1 aromatic rings. The molecule has 3 nitrogen and oxygen atoms in total. The molecule has 1 saturated heterocycles. The summed E-state index contributed by atoms with van der Waals surface area (Å²) in [5.74, 6) is 1.40. The summed E-state index contributed by atoms with van der Waals surface area (Å²) in [6.45, 7) is 5.16. The first-order valence-electron chi connectivity index (χ1n) is 7.37. The average molecular weight is 359 g/mol. The van der Waals surface area contributed by atoms with Crippen LogP contribution in [0.5, 0.6) is 0 Å². The summed E-state index contributed by atoms with van der Waals surface area (Å²) in [5, 5.41) is 6.42. The van der Waals surface area contributed by atoms with Gasteiger partial charge in [-0.3, -0.25) is 4.79 Å². The van der Waals surface area contributed by atoms with Crippen molar-refractivity contribution in [3.63, 3.8) is 0 Å². The average Bonchev–Trinajstić information content (AvgIpc) is 2.85. The van der Waals surface area contributed by atoms with Gasteiger partial charge in [0, 0.05) is 17.8 Å². The molecule has 1 amide bonds. The van der Waals surface area contributed by atoms with Gasteiger partial charge in [-0.1, -0.05) is 6.92 Å². The molecule has 1 aromatic heterocycles. The van der Waals surface area contributed by atoms with E-state index in [-0.39, 0.29) is 5.91 Å². The zero-order valence-corrected chi connectivity index (χ0v) is 14.4. The molecule has 2 rings (SSSR count). The van der Waals surface area contributed by atoms with E-state index in [0.717, 1.165) is 29.8 Å². The second kappa shape index (κ2) is 8.15. The Morgan fingerprint density at radius 3 is 2.90 bits per heavy atom. The Labute approximate surface area is 133 Å². The first-order valence-corrected chi connectivity index (χ1v) is 8.97. The first-order chi connectivity index (χ1) is 9.65. The zero-order valence-electron chi connectivity index (χ0n) is 12.0. The van der Waals surface area contributed by atoms with E-state index in [1.807, 2.05) is 0 Å². The fourth-order valence-electron chi connectivity index (χ4n) is 2.76. The molecule has 1 aliphatic rings. The van der Waals surface area contributed by atoms with Gasteiger partial charge in [0.25, 0.3) is 0 Å². The number of piperidine rings is 1. The quantitative estimate of drug-likeness (QED) is 0.819. The number of hydrogen-bond acceptors (Lipinski definition) is 3. The lowest BCUT2D eigenvalue weighted by Gasteiger charge is -2.27. The van der Waals surface area contributed by atoms with Crippen molar-refractivity contribution in [3.8, 4) is 0 Å². The molecule has 0 aliphatic carbocycles. The van der Waals surface area contributed by atoms with Crippen molar-refractivity contribution in [2.45, 2.75) is 32.6 Å². The van der Waals surface area contributed by atoms with Crippen molar-refractivity contribution in [2.24, 2.45) is 11.8 Å². The predicted molar refractivity (Wildman–Crippen MR) is 88.1 cm³/mol. The number of thiophene rings is 1. The molecule has 112 valence electrons. The minimum Gasteiger partial charge on any atom is -0.356 e. The van der Waals surface area contributed by atoms with Crippen LogP contribution in [0.25, 0.3) is 0 Å². The van der Waals surface area contributed by atoms with Crippen LogP contribution in [0.15, 0.2) is 15.9 Å². The van der Waals surface area contributed by atoms with Gasteiger partial charge in [-0.15, -0.1) is 11.3 Å². The summed E-state index contributed by atoms with van der Waals surface area (Å²) in [6.07, 6.45) is 4.00. The summed E-state index contributed by atoms with van der Waals surface area (Å²) in [7, 11) is 0. The lowest BCUT2D eigenvalue weighted by Crippen LogP contribution is -2.33. The minimum atomic E-state index is 0.201. The van der Waals surface area contributed by atoms with E-state index in [0.29, 0.717) is 18.3 Å². The Bertz CT molecular complexity index is 429. The van der Waals surface area contributed by atoms with Crippen LogP contribution >= 0.6 is 27.3 Å². The van der Waals surface area contributed by atoms with Crippen molar-refractivity contribution in [1.29, 1.82) is 0 Å². The maximum Gasteiger partial charge on any atom is 0.220 e. The number of hydrogen-bond donors (Lipinski definition) is 2. The molecule has 1 aliphatic heterocycles. The van der Waals surface area contributed by atoms with Crippen molar-refractivity contribution in [2.75, 3.05) is 19.6 Å². The van der Waals surface area contributed by atoms with Crippen LogP contribution in [0.2, 0.25) is 0 Å². The number of nitrogens with one attached hydrogen (secondary N) is 2. The van der Waals surface area contributed by atoms with Gasteiger partial charge < -0.3 is 10.6 Å². The lowest BCUT2D eigenvalue weighted by atomic mass is 9.84. The van der Waals surface area contributed by atoms with Crippen LogP contribution in [-0.2, 0) is 11.2 Å². The molecule has 2 N–H and O–H groups in total. The Morgan fingerprint density at radius 1 is 1.50 bits per heavy atom. The maximum atomic E-state index is 12.0. The monoisotopic (exact) mass is 358 g/mol. The molecule has 2 heterocycles. The highest BCUT2D eigenvalue weighted by molar-refractivity contribution is 9.11. The number of carbonyl (C=O) groups is 1. The number of halogens is 1. The van der Waals surface area contributed by atoms with Crippen LogP contribution < -0.4 is 10.6 Å². The van der Waals surface area contributed by atoms with E-state index in [4.69, 9.17) is 0 Å². The van der Waals surface area contributed by atoms with E-state index < -0.39 is 0 Å². The second-order valence-corrected chi connectivity index (χ2v) is 8.12. The number of carbonyl (C=O) groups excluding carboxylic acids is 1. The highest BCUT2D eigenvalue weighted by Gasteiger charge is 2.21. The molecule has 0 bridgehead atoms. The van der Waals surface area contributed by atoms with Crippen LogP contribution in [-0.4, -0.2) is 25.5 Å². The first kappa shape index (κ1) is 16.0. The van der Waals surface area contributed by atoms with E-state index in [9.17, 15) is 4.79 Å². The van der Waals surface area contributed by atoms with Gasteiger partial charge in [0.15, 0.2) is 0 Å². The molecule has 1 atom stereocenters. The SMILES string of the molecule is CC(CC(=O)NCCc1ccc(Br)s1)C1CCNCC1. The van der Waals surface area contributed by atoms with E-state index in [1.54, 1.807) is 11.3 Å². The Hall–Kier alpha value is -0.390. The van der Waals surface area contributed by atoms with Gasteiger partial charge in [-0.25, -0.2) is 0 Å². The van der Waals surface area contributed by atoms with Crippen molar-refractivity contribution in [3.05, 3.63) is 20.8 Å². The molecule has 0 saturated carbocycles. The van der Waals surface area contributed by atoms with Crippen LogP contribution in [0.3, 0.4) is 0 Å². The molecule has 20 heavy (non-hydrogen) atoms. The lowest BCUT2D eigenvalue weighted by molar-refractivity contribution is -0.122. The maximum absolute atomic E-state index is 12.0. The minimum absolute atomic E-state index is 0.201. The standard InChI is InChI=1S/C15H23BrN2OS/c1-11(12-4-7-17-8-5-12)10-15(19)18-9-6-13-2-3-14(16)20-13/h2-3,11-12,17H,4-10H2,1H3,(H,18,19). The Morgan fingerprint density at radius 2 is 2.25 bits per heavy atom. The summed E-state index contributed by atoms with van der Waals surface area (Å²) in [4.78, 5) is 13.3. The van der Waals surface area contributed by atoms with Crippen molar-refractivity contribution >= 4 is 33.2 Å². The van der Waals surface area contributed by atoms with E-state index >= 15 is 0 Å². The normalized spacial score (nSPS) is 17.9. The van der Waals surface area contributed by atoms with Gasteiger partial charge in [-0.2, -0.15) is 0 Å². The summed E-state index contributed by atoms with van der Waals surface area (Å²) >= 11 is 5.19. The summed E-state index contributed by atoms with van der Waals surface area (Å²) in [5.41, 5.74) is 0. The highest BCUT2D eigenvalue weighted by Crippen LogP contribution is 2.24. The Balaban J connectivity index is 1.64. The molecule has 0 radical (unpaired) electrons. The fraction of sp³-hybridized carbons (Fsp3) is 0.667. The zero-order chi connectivity index (χ0) is 14.4. The highest BCUT2D eigenvalue weighted by atomic mass is 79.9. The fourth-order valence-corrected chi connectivity index (χ4v) is 4.24. The molecule has 0 aromatic carbocycles. The largest absolute Gasteiger partial charge is 0.356 e. The van der Waals surface area contributed by atoms with Gasteiger partial charge in [0.2, 0.25) is 5.91 Å². The Kier molecular flexibility index (Phi) is 6.52. The third kappa shape index (κ3) is 5.19. The third-order valence-electron chi connectivity index (χ3n) is 4.02. The van der Waals surface area contributed by atoms with Gasteiger partial charge >= 0.3 is 0 Å². The van der Waals surface area contributed by atoms with Gasteiger partial charge in [-0.05, 0) is 72.3 Å².